The summed E-state index contributed by atoms with van der Waals surface area (Å²) in [6.07, 6.45) is 0. The second kappa shape index (κ2) is 3.42. The maximum absolute atomic E-state index is 10.5. The molecule has 8 nitrogen and oxygen atoms in total. The minimum Gasteiger partial charge on any atom is -0.339 e. The summed E-state index contributed by atoms with van der Waals surface area (Å²) >= 11 is 5.67. The van der Waals surface area contributed by atoms with Gasteiger partial charge in [-0.25, -0.2) is 0 Å². The van der Waals surface area contributed by atoms with E-state index in [1.807, 2.05) is 0 Å². The number of aromatic nitrogens is 2. The van der Waals surface area contributed by atoms with E-state index in [0.717, 1.165) is 6.07 Å². The molecule has 9 heteroatoms. The summed E-state index contributed by atoms with van der Waals surface area (Å²) in [6, 6.07) is 3.66. The standard InChI is InChI=1S/C7H3ClN4O4/c8-7-5-2-1-4(11(13)14)3-6(5)9-10(7)12(15)16/h1-3H. The number of nitro benzene ring substituents is 1. The number of hydrogen-bond acceptors (Lipinski definition) is 5. The Morgan fingerprint density at radius 1 is 1.31 bits per heavy atom. The molecule has 1 aromatic carbocycles. The van der Waals surface area contributed by atoms with E-state index < -0.39 is 9.96 Å². The van der Waals surface area contributed by atoms with Gasteiger partial charge in [0.1, 0.15) is 0 Å². The maximum Gasteiger partial charge on any atom is 0.273 e. The second-order valence-corrected chi connectivity index (χ2v) is 3.23. The van der Waals surface area contributed by atoms with Crippen molar-refractivity contribution in [3.8, 4) is 0 Å². The Hall–Kier alpha value is -2.22. The molecule has 82 valence electrons. The number of halogens is 1. The molecule has 0 bridgehead atoms. The zero-order valence-corrected chi connectivity index (χ0v) is 8.29. The first-order valence-corrected chi connectivity index (χ1v) is 4.36. The van der Waals surface area contributed by atoms with Gasteiger partial charge in [-0.05, 0) is 6.07 Å². The van der Waals surface area contributed by atoms with Crippen LogP contribution in [0, 0.1) is 20.2 Å². The van der Waals surface area contributed by atoms with Crippen molar-refractivity contribution in [2.75, 3.05) is 0 Å². The van der Waals surface area contributed by atoms with Crippen molar-refractivity contribution >= 4 is 28.2 Å². The molecular formula is C7H3ClN4O4. The molecule has 0 atom stereocenters. The predicted molar refractivity (Wildman–Crippen MR) is 53.8 cm³/mol. The molecular weight excluding hydrogens is 240 g/mol. The Kier molecular flexibility index (Phi) is 2.20. The van der Waals surface area contributed by atoms with Crippen molar-refractivity contribution in [1.82, 2.24) is 9.89 Å². The van der Waals surface area contributed by atoms with Crippen molar-refractivity contribution in [2.45, 2.75) is 0 Å². The lowest BCUT2D eigenvalue weighted by Crippen LogP contribution is -2.09. The second-order valence-electron chi connectivity index (χ2n) is 2.88. The number of hydrogen-bond donors (Lipinski definition) is 0. The largest absolute Gasteiger partial charge is 0.339 e. The summed E-state index contributed by atoms with van der Waals surface area (Å²) in [6.45, 7) is 0. The van der Waals surface area contributed by atoms with E-state index in [9.17, 15) is 20.2 Å². The van der Waals surface area contributed by atoms with Gasteiger partial charge in [0.2, 0.25) is 10.7 Å². The highest BCUT2D eigenvalue weighted by molar-refractivity contribution is 6.34. The van der Waals surface area contributed by atoms with E-state index in [0.29, 0.717) is 10.2 Å². The molecule has 2 rings (SSSR count). The number of nitrogens with zero attached hydrogens (tertiary/aromatic N) is 4. The Bertz CT molecular complexity index is 608. The lowest BCUT2D eigenvalue weighted by Gasteiger charge is -1.90. The van der Waals surface area contributed by atoms with Crippen LogP contribution in [-0.2, 0) is 0 Å². The molecule has 0 aliphatic rings. The van der Waals surface area contributed by atoms with Crippen LogP contribution in [0.5, 0.6) is 0 Å². The Labute approximate surface area is 92.3 Å². The SMILES string of the molecule is O=[N+]([O-])c1ccc2c(Cl)n([N+](=O)[O-])nc2c1. The van der Waals surface area contributed by atoms with Gasteiger partial charge in [-0.3, -0.25) is 10.1 Å². The summed E-state index contributed by atoms with van der Waals surface area (Å²) in [5.74, 6) is 0. The molecule has 0 spiro atoms. The third-order valence-electron chi connectivity index (χ3n) is 1.95. The molecule has 16 heavy (non-hydrogen) atoms. The van der Waals surface area contributed by atoms with Gasteiger partial charge in [-0.15, -0.1) is 0 Å². The highest BCUT2D eigenvalue weighted by Gasteiger charge is 2.20. The molecule has 1 heterocycles. The summed E-state index contributed by atoms with van der Waals surface area (Å²) < 4.78 is 0. The lowest BCUT2D eigenvalue weighted by atomic mass is 10.2. The lowest BCUT2D eigenvalue weighted by molar-refractivity contribution is -0.552. The van der Waals surface area contributed by atoms with Gasteiger partial charge in [0, 0.05) is 10.9 Å². The first-order chi connectivity index (χ1) is 7.50. The highest BCUT2D eigenvalue weighted by atomic mass is 35.5. The first kappa shape index (κ1) is 10.3. The van der Waals surface area contributed by atoms with Gasteiger partial charge in [0.25, 0.3) is 5.69 Å². The van der Waals surface area contributed by atoms with Crippen molar-refractivity contribution in [3.05, 3.63) is 43.6 Å². The van der Waals surface area contributed by atoms with E-state index >= 15 is 0 Å². The number of nitro groups is 2. The van der Waals surface area contributed by atoms with Gasteiger partial charge in [0.15, 0.2) is 0 Å². The van der Waals surface area contributed by atoms with E-state index in [1.165, 1.54) is 12.1 Å². The molecule has 1 aromatic heterocycles. The van der Waals surface area contributed by atoms with Crippen LogP contribution in [0.25, 0.3) is 10.9 Å². The average Bonchev–Trinajstić information content (AvgIpc) is 2.55. The van der Waals surface area contributed by atoms with Crippen LogP contribution in [0.3, 0.4) is 0 Å². The Balaban J connectivity index is 2.72. The molecule has 0 fully saturated rings. The van der Waals surface area contributed by atoms with Crippen molar-refractivity contribution in [3.63, 3.8) is 0 Å². The third-order valence-corrected chi connectivity index (χ3v) is 2.30. The molecule has 2 aromatic rings. The monoisotopic (exact) mass is 242 g/mol. The fourth-order valence-corrected chi connectivity index (χ4v) is 1.51. The molecule has 0 aliphatic carbocycles. The smallest absolute Gasteiger partial charge is 0.273 e. The zero-order chi connectivity index (χ0) is 11.9. The predicted octanol–water partition coefficient (Wildman–Crippen LogP) is 1.64. The molecule has 0 aliphatic heterocycles. The van der Waals surface area contributed by atoms with Gasteiger partial charge >= 0.3 is 0 Å². The molecule has 0 amide bonds. The number of non-ortho nitro benzene ring substituents is 1. The summed E-state index contributed by atoms with van der Waals surface area (Å²) in [5, 5.41) is 23.8. The normalized spacial score (nSPS) is 10.6. The van der Waals surface area contributed by atoms with Crippen molar-refractivity contribution < 1.29 is 9.96 Å². The van der Waals surface area contributed by atoms with E-state index in [-0.39, 0.29) is 16.4 Å². The first-order valence-electron chi connectivity index (χ1n) is 3.98. The van der Waals surface area contributed by atoms with Gasteiger partial charge in [-0.1, -0.05) is 11.6 Å². The fourth-order valence-electron chi connectivity index (χ4n) is 1.25. The molecule has 0 saturated carbocycles. The van der Waals surface area contributed by atoms with Crippen LogP contribution in [0.1, 0.15) is 0 Å². The molecule has 0 radical (unpaired) electrons. The zero-order valence-electron chi connectivity index (χ0n) is 7.53. The number of benzene rings is 1. The van der Waals surface area contributed by atoms with Crippen LogP contribution in [-0.4, -0.2) is 19.8 Å². The minimum atomic E-state index is -0.811. The minimum absolute atomic E-state index is 0.107. The Morgan fingerprint density at radius 3 is 2.56 bits per heavy atom. The number of fused-ring (bicyclic) bond motifs is 1. The van der Waals surface area contributed by atoms with Crippen LogP contribution in [0.4, 0.5) is 5.69 Å². The van der Waals surface area contributed by atoms with Crippen molar-refractivity contribution in [1.29, 1.82) is 0 Å². The van der Waals surface area contributed by atoms with Gasteiger partial charge < -0.3 is 10.1 Å². The quantitative estimate of drug-likeness (QED) is 0.588. The van der Waals surface area contributed by atoms with Crippen molar-refractivity contribution in [2.24, 2.45) is 0 Å². The van der Waals surface area contributed by atoms with Gasteiger partial charge in [-0.2, -0.15) is 0 Å². The third kappa shape index (κ3) is 1.44. The van der Waals surface area contributed by atoms with E-state index in [2.05, 4.69) is 5.10 Å². The van der Waals surface area contributed by atoms with Gasteiger partial charge in [0.05, 0.1) is 26.5 Å². The maximum atomic E-state index is 10.5. The average molecular weight is 243 g/mol. The highest BCUT2D eigenvalue weighted by Crippen LogP contribution is 2.26. The van der Waals surface area contributed by atoms with Crippen LogP contribution >= 0.6 is 11.6 Å². The summed E-state index contributed by atoms with van der Waals surface area (Å²) in [7, 11) is 0. The number of rotatable bonds is 2. The van der Waals surface area contributed by atoms with Crippen LogP contribution in [0.15, 0.2) is 18.2 Å². The fraction of sp³-hybridized carbons (Fsp3) is 0. The van der Waals surface area contributed by atoms with Crippen LogP contribution < -0.4 is 0 Å². The van der Waals surface area contributed by atoms with Crippen LogP contribution in [0.2, 0.25) is 5.15 Å². The Morgan fingerprint density at radius 2 is 2.00 bits per heavy atom. The molecule has 0 saturated heterocycles. The summed E-state index contributed by atoms with van der Waals surface area (Å²) in [4.78, 5) is 20.7. The van der Waals surface area contributed by atoms with E-state index in [4.69, 9.17) is 11.6 Å². The molecule has 0 N–H and O–H groups in total. The summed E-state index contributed by atoms with van der Waals surface area (Å²) in [5.41, 5.74) is -0.0898. The van der Waals surface area contributed by atoms with E-state index in [1.54, 1.807) is 0 Å². The molecule has 0 unspecified atom stereocenters. The topological polar surface area (TPSA) is 104 Å².